The number of amides is 2. The molecule has 1 heterocycles. The van der Waals surface area contributed by atoms with E-state index in [-0.39, 0.29) is 35.8 Å². The van der Waals surface area contributed by atoms with Crippen molar-refractivity contribution in [1.82, 2.24) is 10.2 Å². The molecule has 7 heteroatoms. The number of carbonyl (C=O) groups excluding carboxylic acids is 2. The third kappa shape index (κ3) is 6.51. The molecule has 1 N–H and O–H groups in total. The molecule has 1 atom stereocenters. The monoisotopic (exact) mass is 429 g/mol. The molecule has 1 aliphatic rings. The highest BCUT2D eigenvalue weighted by atomic mass is 19.1. The topological polar surface area (TPSA) is 52.7 Å². The van der Waals surface area contributed by atoms with E-state index in [0.29, 0.717) is 38.3 Å². The van der Waals surface area contributed by atoms with Crippen molar-refractivity contribution in [3.8, 4) is 0 Å². The SMILES string of the molecule is CN(CCCNC(=O)C1CCCN(C(=O)Cc2ccc(F)cc2)C1)c1ccccc1F. The first-order valence-corrected chi connectivity index (χ1v) is 10.7. The van der Waals surface area contributed by atoms with Gasteiger partial charge in [0.1, 0.15) is 11.6 Å². The normalized spacial score (nSPS) is 16.1. The number of nitrogens with zero attached hydrogens (tertiary/aromatic N) is 2. The van der Waals surface area contributed by atoms with Gasteiger partial charge >= 0.3 is 0 Å². The molecule has 1 saturated heterocycles. The van der Waals surface area contributed by atoms with Crippen molar-refractivity contribution in [2.45, 2.75) is 25.7 Å². The van der Waals surface area contributed by atoms with Gasteiger partial charge in [-0.05, 0) is 49.1 Å². The maximum absolute atomic E-state index is 13.8. The van der Waals surface area contributed by atoms with Crippen LogP contribution in [0, 0.1) is 17.6 Å². The second-order valence-corrected chi connectivity index (χ2v) is 8.00. The summed E-state index contributed by atoms with van der Waals surface area (Å²) in [5.74, 6) is -0.911. The van der Waals surface area contributed by atoms with Gasteiger partial charge < -0.3 is 15.1 Å². The van der Waals surface area contributed by atoms with Crippen LogP contribution in [0.5, 0.6) is 0 Å². The van der Waals surface area contributed by atoms with E-state index in [1.807, 2.05) is 11.9 Å². The number of hydrogen-bond acceptors (Lipinski definition) is 3. The summed E-state index contributed by atoms with van der Waals surface area (Å²) >= 11 is 0. The molecule has 1 aliphatic heterocycles. The number of hydrogen-bond donors (Lipinski definition) is 1. The van der Waals surface area contributed by atoms with Crippen molar-refractivity contribution in [2.75, 3.05) is 38.1 Å². The number of para-hydroxylation sites is 1. The highest BCUT2D eigenvalue weighted by Crippen LogP contribution is 2.19. The number of nitrogens with one attached hydrogen (secondary N) is 1. The quantitative estimate of drug-likeness (QED) is 0.655. The Bertz CT molecular complexity index is 889. The number of benzene rings is 2. The Labute approximate surface area is 182 Å². The highest BCUT2D eigenvalue weighted by molar-refractivity contribution is 5.82. The number of halogens is 2. The van der Waals surface area contributed by atoms with Crippen molar-refractivity contribution >= 4 is 17.5 Å². The van der Waals surface area contributed by atoms with E-state index in [9.17, 15) is 18.4 Å². The lowest BCUT2D eigenvalue weighted by atomic mass is 9.96. The minimum absolute atomic E-state index is 0.0457. The summed E-state index contributed by atoms with van der Waals surface area (Å²) < 4.78 is 26.9. The Morgan fingerprint density at radius 3 is 2.61 bits per heavy atom. The molecule has 0 bridgehead atoms. The van der Waals surface area contributed by atoms with Gasteiger partial charge in [-0.1, -0.05) is 24.3 Å². The van der Waals surface area contributed by atoms with E-state index in [1.165, 1.54) is 18.2 Å². The molecule has 5 nitrogen and oxygen atoms in total. The fraction of sp³-hybridized carbons (Fsp3) is 0.417. The summed E-state index contributed by atoms with van der Waals surface area (Å²) in [5, 5.41) is 2.95. The summed E-state index contributed by atoms with van der Waals surface area (Å²) in [6.07, 6.45) is 2.43. The molecule has 2 aromatic carbocycles. The zero-order chi connectivity index (χ0) is 22.2. The number of likely N-dealkylation sites (tertiary alicyclic amines) is 1. The lowest BCUT2D eigenvalue weighted by Crippen LogP contribution is -2.46. The standard InChI is InChI=1S/C24H29F2N3O2/c1-28(22-8-3-2-7-21(22)26)14-5-13-27-24(31)19-6-4-15-29(17-19)23(30)16-18-9-11-20(25)12-10-18/h2-3,7-12,19H,4-6,13-17H2,1H3,(H,27,31). The van der Waals surface area contributed by atoms with Gasteiger partial charge in [-0.25, -0.2) is 8.78 Å². The first kappa shape index (κ1) is 22.7. The summed E-state index contributed by atoms with van der Waals surface area (Å²) in [4.78, 5) is 28.7. The Balaban J connectivity index is 1.41. The largest absolute Gasteiger partial charge is 0.372 e. The van der Waals surface area contributed by atoms with E-state index < -0.39 is 0 Å². The van der Waals surface area contributed by atoms with E-state index in [4.69, 9.17) is 0 Å². The van der Waals surface area contributed by atoms with Crippen LogP contribution in [0.1, 0.15) is 24.8 Å². The number of piperidine rings is 1. The lowest BCUT2D eigenvalue weighted by Gasteiger charge is -2.32. The second-order valence-electron chi connectivity index (χ2n) is 8.00. The van der Waals surface area contributed by atoms with Crippen molar-refractivity contribution in [3.63, 3.8) is 0 Å². The minimum Gasteiger partial charge on any atom is -0.372 e. The smallest absolute Gasteiger partial charge is 0.227 e. The van der Waals surface area contributed by atoms with Crippen LogP contribution in [0.3, 0.4) is 0 Å². The predicted molar refractivity (Wildman–Crippen MR) is 117 cm³/mol. The Morgan fingerprint density at radius 2 is 1.87 bits per heavy atom. The molecular weight excluding hydrogens is 400 g/mol. The zero-order valence-electron chi connectivity index (χ0n) is 17.8. The van der Waals surface area contributed by atoms with Crippen molar-refractivity contribution in [3.05, 3.63) is 65.7 Å². The number of carbonyl (C=O) groups is 2. The third-order valence-electron chi connectivity index (χ3n) is 5.65. The molecule has 0 spiro atoms. The van der Waals surface area contributed by atoms with Crippen LogP contribution in [0.25, 0.3) is 0 Å². The fourth-order valence-electron chi connectivity index (χ4n) is 3.86. The summed E-state index contributed by atoms with van der Waals surface area (Å²) in [5.41, 5.74) is 1.30. The second kappa shape index (κ2) is 10.9. The summed E-state index contributed by atoms with van der Waals surface area (Å²) in [6, 6.07) is 12.5. The molecule has 3 rings (SSSR count). The summed E-state index contributed by atoms with van der Waals surface area (Å²) in [6.45, 7) is 2.16. The zero-order valence-corrected chi connectivity index (χ0v) is 17.8. The average Bonchev–Trinajstić information content (AvgIpc) is 2.78. The molecule has 0 saturated carbocycles. The number of rotatable bonds is 8. The summed E-state index contributed by atoms with van der Waals surface area (Å²) in [7, 11) is 1.83. The van der Waals surface area contributed by atoms with E-state index in [2.05, 4.69) is 5.32 Å². The van der Waals surface area contributed by atoms with Gasteiger partial charge in [-0.3, -0.25) is 9.59 Å². The molecule has 0 radical (unpaired) electrons. The highest BCUT2D eigenvalue weighted by Gasteiger charge is 2.28. The van der Waals surface area contributed by atoms with Gasteiger partial charge in [-0.2, -0.15) is 0 Å². The maximum atomic E-state index is 13.8. The van der Waals surface area contributed by atoms with Crippen LogP contribution >= 0.6 is 0 Å². The van der Waals surface area contributed by atoms with Gasteiger partial charge in [0.05, 0.1) is 18.0 Å². The van der Waals surface area contributed by atoms with Crippen LogP contribution in [0.15, 0.2) is 48.5 Å². The number of anilines is 1. The van der Waals surface area contributed by atoms with Gasteiger partial charge in [0.15, 0.2) is 0 Å². The van der Waals surface area contributed by atoms with Crippen LogP contribution in [-0.4, -0.2) is 49.9 Å². The van der Waals surface area contributed by atoms with Gasteiger partial charge in [0.2, 0.25) is 11.8 Å². The van der Waals surface area contributed by atoms with Gasteiger partial charge in [0, 0.05) is 33.2 Å². The first-order valence-electron chi connectivity index (χ1n) is 10.7. The Morgan fingerprint density at radius 1 is 1.13 bits per heavy atom. The van der Waals surface area contributed by atoms with Gasteiger partial charge in [0.25, 0.3) is 0 Å². The third-order valence-corrected chi connectivity index (χ3v) is 5.65. The van der Waals surface area contributed by atoms with Crippen LogP contribution in [-0.2, 0) is 16.0 Å². The molecule has 2 aromatic rings. The molecule has 1 fully saturated rings. The van der Waals surface area contributed by atoms with Crippen molar-refractivity contribution < 1.29 is 18.4 Å². The minimum atomic E-state index is -0.328. The van der Waals surface area contributed by atoms with Crippen molar-refractivity contribution in [2.24, 2.45) is 5.92 Å². The van der Waals surface area contributed by atoms with E-state index in [1.54, 1.807) is 35.2 Å². The molecule has 166 valence electrons. The molecule has 1 unspecified atom stereocenters. The molecule has 0 aliphatic carbocycles. The first-order chi connectivity index (χ1) is 14.9. The maximum Gasteiger partial charge on any atom is 0.227 e. The average molecular weight is 430 g/mol. The van der Waals surface area contributed by atoms with Crippen LogP contribution in [0.2, 0.25) is 0 Å². The fourth-order valence-corrected chi connectivity index (χ4v) is 3.86. The molecule has 31 heavy (non-hydrogen) atoms. The Kier molecular flexibility index (Phi) is 7.98. The van der Waals surface area contributed by atoms with E-state index in [0.717, 1.165) is 18.4 Å². The van der Waals surface area contributed by atoms with E-state index >= 15 is 0 Å². The predicted octanol–water partition coefficient (Wildman–Crippen LogP) is 3.39. The molecule has 0 aromatic heterocycles. The lowest BCUT2D eigenvalue weighted by molar-refractivity contribution is -0.135. The van der Waals surface area contributed by atoms with Crippen LogP contribution < -0.4 is 10.2 Å². The Hall–Kier alpha value is -2.96. The van der Waals surface area contributed by atoms with Crippen LogP contribution in [0.4, 0.5) is 14.5 Å². The molecular formula is C24H29F2N3O2. The van der Waals surface area contributed by atoms with Crippen molar-refractivity contribution in [1.29, 1.82) is 0 Å². The molecule has 2 amide bonds. The van der Waals surface area contributed by atoms with Gasteiger partial charge in [-0.15, -0.1) is 0 Å².